The Labute approximate surface area is 165 Å². The quantitative estimate of drug-likeness (QED) is 0.743. The molecule has 1 saturated heterocycles. The molecule has 7 nitrogen and oxygen atoms in total. The molecule has 2 aromatic carbocycles. The predicted molar refractivity (Wildman–Crippen MR) is 109 cm³/mol. The molecular formula is C21H27N3O4. The summed E-state index contributed by atoms with van der Waals surface area (Å²) in [6, 6.07) is 15.3. The molecule has 0 saturated carbocycles. The monoisotopic (exact) mass is 385 g/mol. The number of hydrogen-bond acceptors (Lipinski definition) is 5. The zero-order valence-electron chi connectivity index (χ0n) is 16.4. The van der Waals surface area contributed by atoms with Crippen molar-refractivity contribution in [1.82, 2.24) is 10.2 Å². The van der Waals surface area contributed by atoms with Gasteiger partial charge < -0.3 is 29.3 Å². The lowest BCUT2D eigenvalue weighted by atomic mass is 10.2. The Hall–Kier alpha value is -3.09. The summed E-state index contributed by atoms with van der Waals surface area (Å²) in [7, 11) is 3.29. The van der Waals surface area contributed by atoms with Gasteiger partial charge in [0.05, 0.1) is 26.5 Å². The first-order valence-electron chi connectivity index (χ1n) is 9.39. The number of piperazine rings is 1. The average molecular weight is 385 g/mol. The van der Waals surface area contributed by atoms with Crippen molar-refractivity contribution in [3.8, 4) is 17.2 Å². The Bertz CT molecular complexity index is 776. The van der Waals surface area contributed by atoms with Crippen LogP contribution in [0.15, 0.2) is 48.5 Å². The smallest absolute Gasteiger partial charge is 0.317 e. The van der Waals surface area contributed by atoms with Crippen molar-refractivity contribution in [2.75, 3.05) is 58.5 Å². The Morgan fingerprint density at radius 2 is 1.71 bits per heavy atom. The maximum Gasteiger partial charge on any atom is 0.317 e. The molecule has 1 aliphatic rings. The lowest BCUT2D eigenvalue weighted by Crippen LogP contribution is -2.52. The predicted octanol–water partition coefficient (Wildman–Crippen LogP) is 2.61. The Balaban J connectivity index is 1.40. The number of methoxy groups -OCH3 is 2. The molecule has 0 aromatic heterocycles. The molecule has 28 heavy (non-hydrogen) atoms. The van der Waals surface area contributed by atoms with Crippen LogP contribution in [0.5, 0.6) is 17.2 Å². The number of nitrogens with zero attached hydrogens (tertiary/aromatic N) is 2. The van der Waals surface area contributed by atoms with Crippen LogP contribution in [-0.4, -0.2) is 64.5 Å². The van der Waals surface area contributed by atoms with E-state index in [9.17, 15) is 4.79 Å². The number of hydrogen-bond donors (Lipinski definition) is 1. The van der Waals surface area contributed by atoms with Gasteiger partial charge >= 0.3 is 6.03 Å². The first-order chi connectivity index (χ1) is 13.7. The summed E-state index contributed by atoms with van der Waals surface area (Å²) in [5.41, 5.74) is 1.07. The Kier molecular flexibility index (Phi) is 6.84. The van der Waals surface area contributed by atoms with E-state index in [1.807, 2.05) is 53.4 Å². The van der Waals surface area contributed by atoms with E-state index >= 15 is 0 Å². The molecule has 0 unspecified atom stereocenters. The highest BCUT2D eigenvalue weighted by Crippen LogP contribution is 2.28. The van der Waals surface area contributed by atoms with Crippen molar-refractivity contribution in [1.29, 1.82) is 0 Å². The topological polar surface area (TPSA) is 63.3 Å². The number of amides is 2. The second-order valence-electron chi connectivity index (χ2n) is 6.41. The zero-order valence-corrected chi connectivity index (χ0v) is 16.4. The van der Waals surface area contributed by atoms with Crippen molar-refractivity contribution in [3.05, 3.63) is 48.5 Å². The lowest BCUT2D eigenvalue weighted by Gasteiger charge is -2.36. The molecule has 1 N–H and O–H groups in total. The highest BCUT2D eigenvalue weighted by molar-refractivity contribution is 5.74. The first-order valence-corrected chi connectivity index (χ1v) is 9.39. The van der Waals surface area contributed by atoms with E-state index in [-0.39, 0.29) is 6.03 Å². The van der Waals surface area contributed by atoms with Gasteiger partial charge in [0.25, 0.3) is 0 Å². The number of carbonyl (C=O) groups is 1. The van der Waals surface area contributed by atoms with Gasteiger partial charge in [-0.1, -0.05) is 18.2 Å². The fourth-order valence-electron chi connectivity index (χ4n) is 3.17. The van der Waals surface area contributed by atoms with E-state index in [4.69, 9.17) is 14.2 Å². The minimum absolute atomic E-state index is 0.0612. The molecule has 0 spiro atoms. The minimum atomic E-state index is -0.0612. The Morgan fingerprint density at radius 1 is 0.964 bits per heavy atom. The number of benzene rings is 2. The number of carbonyl (C=O) groups excluding carboxylic acids is 1. The summed E-state index contributed by atoms with van der Waals surface area (Å²) < 4.78 is 16.2. The third-order valence-electron chi connectivity index (χ3n) is 4.68. The molecule has 0 aliphatic carbocycles. The number of ether oxygens (including phenoxy) is 3. The molecular weight excluding hydrogens is 358 g/mol. The van der Waals surface area contributed by atoms with Crippen molar-refractivity contribution < 1.29 is 19.0 Å². The van der Waals surface area contributed by atoms with Crippen LogP contribution in [0.3, 0.4) is 0 Å². The van der Waals surface area contributed by atoms with Crippen LogP contribution in [0.1, 0.15) is 0 Å². The molecule has 1 heterocycles. The molecule has 0 atom stereocenters. The van der Waals surface area contributed by atoms with Gasteiger partial charge in [-0.2, -0.15) is 0 Å². The van der Waals surface area contributed by atoms with Crippen LogP contribution in [-0.2, 0) is 0 Å². The van der Waals surface area contributed by atoms with Crippen LogP contribution < -0.4 is 24.4 Å². The number of para-hydroxylation sites is 2. The number of nitrogens with one attached hydrogen (secondary N) is 1. The summed E-state index contributed by atoms with van der Waals surface area (Å²) in [4.78, 5) is 16.4. The molecule has 2 aromatic rings. The number of urea groups is 1. The van der Waals surface area contributed by atoms with E-state index in [2.05, 4.69) is 10.2 Å². The van der Waals surface area contributed by atoms with Gasteiger partial charge in [-0.15, -0.1) is 0 Å². The molecule has 0 bridgehead atoms. The fourth-order valence-corrected chi connectivity index (χ4v) is 3.17. The van der Waals surface area contributed by atoms with E-state index in [0.29, 0.717) is 26.2 Å². The molecule has 150 valence electrons. The highest BCUT2D eigenvalue weighted by atomic mass is 16.5. The average Bonchev–Trinajstić information content (AvgIpc) is 2.76. The standard InChI is InChI=1S/C21H27N3O4/c1-26-17-6-5-7-18(16-17)28-15-10-22-21(25)24-13-11-23(12-14-24)19-8-3-4-9-20(19)27-2/h3-9,16H,10-15H2,1-2H3,(H,22,25). The molecule has 1 fully saturated rings. The number of anilines is 1. The van der Waals surface area contributed by atoms with Crippen LogP contribution in [0, 0.1) is 0 Å². The summed E-state index contributed by atoms with van der Waals surface area (Å²) in [6.45, 7) is 3.73. The van der Waals surface area contributed by atoms with Gasteiger partial charge in [0.15, 0.2) is 0 Å². The maximum atomic E-state index is 12.4. The third-order valence-corrected chi connectivity index (χ3v) is 4.68. The van der Waals surface area contributed by atoms with Gasteiger partial charge in [0, 0.05) is 32.2 Å². The van der Waals surface area contributed by atoms with Crippen molar-refractivity contribution in [2.45, 2.75) is 0 Å². The summed E-state index contributed by atoms with van der Waals surface area (Å²) in [6.07, 6.45) is 0. The second-order valence-corrected chi connectivity index (χ2v) is 6.41. The van der Waals surface area contributed by atoms with E-state index in [0.717, 1.165) is 36.0 Å². The summed E-state index contributed by atoms with van der Waals surface area (Å²) in [5.74, 6) is 2.32. The Morgan fingerprint density at radius 3 is 2.46 bits per heavy atom. The number of rotatable bonds is 7. The SMILES string of the molecule is COc1cccc(OCCNC(=O)N2CCN(c3ccccc3OC)CC2)c1. The largest absolute Gasteiger partial charge is 0.497 e. The summed E-state index contributed by atoms with van der Waals surface area (Å²) >= 11 is 0. The van der Waals surface area contributed by atoms with Crippen molar-refractivity contribution in [3.63, 3.8) is 0 Å². The zero-order chi connectivity index (χ0) is 19.8. The van der Waals surface area contributed by atoms with Crippen molar-refractivity contribution >= 4 is 11.7 Å². The molecule has 7 heteroatoms. The lowest BCUT2D eigenvalue weighted by molar-refractivity contribution is 0.191. The maximum absolute atomic E-state index is 12.4. The van der Waals surface area contributed by atoms with Gasteiger partial charge in [0.2, 0.25) is 0 Å². The van der Waals surface area contributed by atoms with E-state index in [1.54, 1.807) is 14.2 Å². The molecule has 0 radical (unpaired) electrons. The molecule has 3 rings (SSSR count). The normalized spacial score (nSPS) is 13.8. The molecule has 2 amide bonds. The van der Waals surface area contributed by atoms with Crippen LogP contribution in [0.2, 0.25) is 0 Å². The second kappa shape index (κ2) is 9.73. The van der Waals surface area contributed by atoms with Crippen LogP contribution >= 0.6 is 0 Å². The van der Waals surface area contributed by atoms with Gasteiger partial charge in [-0.3, -0.25) is 0 Å². The highest BCUT2D eigenvalue weighted by Gasteiger charge is 2.22. The van der Waals surface area contributed by atoms with Crippen LogP contribution in [0.25, 0.3) is 0 Å². The first kappa shape index (κ1) is 19.7. The van der Waals surface area contributed by atoms with E-state index in [1.165, 1.54) is 0 Å². The van der Waals surface area contributed by atoms with Gasteiger partial charge in [-0.05, 0) is 24.3 Å². The van der Waals surface area contributed by atoms with Gasteiger partial charge in [-0.25, -0.2) is 4.79 Å². The molecule has 1 aliphatic heterocycles. The van der Waals surface area contributed by atoms with Crippen LogP contribution in [0.4, 0.5) is 10.5 Å². The van der Waals surface area contributed by atoms with Gasteiger partial charge in [0.1, 0.15) is 23.9 Å². The van der Waals surface area contributed by atoms with E-state index < -0.39 is 0 Å². The third kappa shape index (κ3) is 5.00. The summed E-state index contributed by atoms with van der Waals surface area (Å²) in [5, 5.41) is 2.92. The van der Waals surface area contributed by atoms with Crippen molar-refractivity contribution in [2.24, 2.45) is 0 Å². The minimum Gasteiger partial charge on any atom is -0.497 e. The fraction of sp³-hybridized carbons (Fsp3) is 0.381.